The molecule has 1 aromatic heterocycles. The van der Waals surface area contributed by atoms with Crippen LogP contribution in [0, 0.1) is 0 Å². The number of hydrogen-bond acceptors (Lipinski definition) is 5. The van der Waals surface area contributed by atoms with E-state index in [9.17, 15) is 13.2 Å². The summed E-state index contributed by atoms with van der Waals surface area (Å²) in [6.45, 7) is 1.51. The van der Waals surface area contributed by atoms with Crippen LogP contribution in [0.5, 0.6) is 0 Å². The fraction of sp³-hybridized carbons (Fsp3) is 0.529. The lowest BCUT2D eigenvalue weighted by molar-refractivity contribution is -0.121. The number of nitrogens with zero attached hydrogens (tertiary/aromatic N) is 3. The molecule has 1 heterocycles. The fourth-order valence-electron chi connectivity index (χ4n) is 2.63. The van der Waals surface area contributed by atoms with Gasteiger partial charge in [0.15, 0.2) is 0 Å². The highest BCUT2D eigenvalue weighted by atomic mass is 35.5. The second-order valence-corrected chi connectivity index (χ2v) is 8.48. The molecule has 27 heavy (non-hydrogen) atoms. The summed E-state index contributed by atoms with van der Waals surface area (Å²) in [6.07, 6.45) is 1.73. The summed E-state index contributed by atoms with van der Waals surface area (Å²) in [7, 11) is 3.25. The third-order valence-electron chi connectivity index (χ3n) is 4.22. The molecule has 0 atom stereocenters. The van der Waals surface area contributed by atoms with Crippen molar-refractivity contribution >= 4 is 39.4 Å². The lowest BCUT2D eigenvalue weighted by Gasteiger charge is -2.10. The molecule has 1 amide bonds. The van der Waals surface area contributed by atoms with Crippen LogP contribution in [0.2, 0.25) is 0 Å². The summed E-state index contributed by atoms with van der Waals surface area (Å²) in [4.78, 5) is 16.6. The second kappa shape index (κ2) is 10.0. The molecule has 0 aliphatic heterocycles. The maximum absolute atomic E-state index is 12.3. The van der Waals surface area contributed by atoms with Crippen molar-refractivity contribution in [3.05, 3.63) is 24.0 Å². The number of hydrogen-bond donors (Lipinski definition) is 2. The number of amides is 1. The van der Waals surface area contributed by atoms with Gasteiger partial charge in [-0.15, -0.1) is 12.4 Å². The number of carbonyl (C=O) groups excluding carboxylic acids is 1. The Hall–Kier alpha value is -1.68. The summed E-state index contributed by atoms with van der Waals surface area (Å²) >= 11 is 0. The molecule has 0 fully saturated rings. The number of sulfonamides is 1. The zero-order valence-corrected chi connectivity index (χ0v) is 17.8. The lowest BCUT2D eigenvalue weighted by atomic mass is 10.2. The quantitative estimate of drug-likeness (QED) is 0.591. The van der Waals surface area contributed by atoms with Gasteiger partial charge in [-0.05, 0) is 38.2 Å². The van der Waals surface area contributed by atoms with Crippen LogP contribution in [-0.4, -0.2) is 62.4 Å². The van der Waals surface area contributed by atoms with E-state index in [0.29, 0.717) is 24.9 Å². The van der Waals surface area contributed by atoms with Crippen LogP contribution in [0.15, 0.2) is 23.1 Å². The van der Waals surface area contributed by atoms with Crippen LogP contribution < -0.4 is 10.6 Å². The first-order valence-electron chi connectivity index (χ1n) is 8.56. The number of carbonyl (C=O) groups is 1. The van der Waals surface area contributed by atoms with Crippen LogP contribution in [0.4, 0.5) is 0 Å². The normalized spacial score (nSPS) is 11.6. The van der Waals surface area contributed by atoms with Gasteiger partial charge in [0.2, 0.25) is 15.9 Å². The van der Waals surface area contributed by atoms with Crippen molar-refractivity contribution in [3.63, 3.8) is 0 Å². The molecule has 10 heteroatoms. The third kappa shape index (κ3) is 5.65. The number of benzene rings is 1. The van der Waals surface area contributed by atoms with Gasteiger partial charge in [0.25, 0.3) is 0 Å². The smallest absolute Gasteiger partial charge is 0.242 e. The van der Waals surface area contributed by atoms with E-state index in [1.54, 1.807) is 18.2 Å². The number of halogens is 1. The summed E-state index contributed by atoms with van der Waals surface area (Å²) in [5.74, 6) is 0.744. The molecule has 0 radical (unpaired) electrons. The first-order chi connectivity index (χ1) is 12.3. The van der Waals surface area contributed by atoms with Crippen LogP contribution in [0.1, 0.15) is 18.7 Å². The monoisotopic (exact) mass is 417 g/mol. The highest BCUT2D eigenvalue weighted by Crippen LogP contribution is 2.21. The number of fused-ring (bicyclic) bond motifs is 1. The molecule has 152 valence electrons. The standard InChI is InChI=1S/C17H27N5O3S.ClH/c1-18-10-5-11-19-17(23)9-8-16-20-14-12-13(26(24,25)21(2)3)6-7-15(14)22(16)4;/h6-7,12,18H,5,8-11H2,1-4H3,(H,19,23);1H. The van der Waals surface area contributed by atoms with Crippen LogP contribution in [0.3, 0.4) is 0 Å². The minimum Gasteiger partial charge on any atom is -0.356 e. The highest BCUT2D eigenvalue weighted by molar-refractivity contribution is 7.89. The van der Waals surface area contributed by atoms with Crippen molar-refractivity contribution in [2.24, 2.45) is 7.05 Å². The highest BCUT2D eigenvalue weighted by Gasteiger charge is 2.19. The maximum atomic E-state index is 12.3. The zero-order chi connectivity index (χ0) is 19.3. The Kier molecular flexibility index (Phi) is 8.67. The van der Waals surface area contributed by atoms with Gasteiger partial charge in [-0.3, -0.25) is 4.79 Å². The van der Waals surface area contributed by atoms with Crippen LogP contribution in [-0.2, 0) is 28.3 Å². The number of nitrogens with one attached hydrogen (secondary N) is 2. The number of rotatable bonds is 9. The number of aryl methyl sites for hydroxylation is 2. The van der Waals surface area contributed by atoms with Gasteiger partial charge in [-0.1, -0.05) is 0 Å². The van der Waals surface area contributed by atoms with Crippen molar-refractivity contribution in [2.45, 2.75) is 24.2 Å². The van der Waals surface area contributed by atoms with Crippen LogP contribution >= 0.6 is 12.4 Å². The molecule has 0 aliphatic carbocycles. The van der Waals surface area contributed by atoms with E-state index in [-0.39, 0.29) is 23.2 Å². The van der Waals surface area contributed by atoms with E-state index >= 15 is 0 Å². The predicted molar refractivity (Wildman–Crippen MR) is 109 cm³/mol. The van der Waals surface area contributed by atoms with Gasteiger partial charge in [0, 0.05) is 40.5 Å². The Labute approximate surface area is 166 Å². The Morgan fingerprint density at radius 2 is 1.96 bits per heavy atom. The molecule has 1 aromatic carbocycles. The molecule has 0 aliphatic rings. The minimum atomic E-state index is -3.50. The molecule has 0 spiro atoms. The van der Waals surface area contributed by atoms with Gasteiger partial charge in [0.05, 0.1) is 15.9 Å². The Morgan fingerprint density at radius 1 is 1.26 bits per heavy atom. The van der Waals surface area contributed by atoms with Gasteiger partial charge in [0.1, 0.15) is 5.82 Å². The van der Waals surface area contributed by atoms with Gasteiger partial charge >= 0.3 is 0 Å². The Bertz CT molecular complexity index is 880. The SMILES string of the molecule is CNCCCNC(=O)CCc1nc2cc(S(=O)(=O)N(C)C)ccc2n1C.Cl. The molecule has 8 nitrogen and oxygen atoms in total. The predicted octanol–water partition coefficient (Wildman–Crippen LogP) is 0.904. The molecule has 2 aromatic rings. The third-order valence-corrected chi connectivity index (χ3v) is 6.04. The van der Waals surface area contributed by atoms with Crippen molar-refractivity contribution < 1.29 is 13.2 Å². The van der Waals surface area contributed by atoms with Crippen molar-refractivity contribution in [3.8, 4) is 0 Å². The van der Waals surface area contributed by atoms with Crippen molar-refractivity contribution in [2.75, 3.05) is 34.2 Å². The topological polar surface area (TPSA) is 96.3 Å². The molecule has 0 saturated heterocycles. The number of imidazole rings is 1. The van der Waals surface area contributed by atoms with Gasteiger partial charge in [-0.2, -0.15) is 0 Å². The fourth-order valence-corrected chi connectivity index (χ4v) is 3.55. The molecular weight excluding hydrogens is 390 g/mol. The van der Waals surface area contributed by atoms with E-state index in [4.69, 9.17) is 0 Å². The van der Waals surface area contributed by atoms with Crippen molar-refractivity contribution in [1.82, 2.24) is 24.5 Å². The zero-order valence-electron chi connectivity index (χ0n) is 16.2. The van der Waals surface area contributed by atoms with Crippen LogP contribution in [0.25, 0.3) is 11.0 Å². The Morgan fingerprint density at radius 3 is 2.59 bits per heavy atom. The van der Waals surface area contributed by atoms with E-state index in [2.05, 4.69) is 15.6 Å². The van der Waals surface area contributed by atoms with E-state index in [1.165, 1.54) is 18.4 Å². The molecule has 0 bridgehead atoms. The summed E-state index contributed by atoms with van der Waals surface area (Å²) in [5, 5.41) is 5.91. The molecule has 0 unspecified atom stereocenters. The summed E-state index contributed by atoms with van der Waals surface area (Å²) in [5.41, 5.74) is 1.45. The van der Waals surface area contributed by atoms with Crippen molar-refractivity contribution in [1.29, 1.82) is 0 Å². The molecule has 2 rings (SSSR count). The largest absolute Gasteiger partial charge is 0.356 e. The molecule has 0 saturated carbocycles. The first-order valence-corrected chi connectivity index (χ1v) is 10.0. The van der Waals surface area contributed by atoms with E-state index < -0.39 is 10.0 Å². The number of aromatic nitrogens is 2. The minimum absolute atomic E-state index is 0. The second-order valence-electron chi connectivity index (χ2n) is 6.33. The Balaban J connectivity index is 0.00000364. The van der Waals surface area contributed by atoms with E-state index in [1.807, 2.05) is 18.7 Å². The summed E-state index contributed by atoms with van der Waals surface area (Å²) in [6, 6.07) is 4.91. The summed E-state index contributed by atoms with van der Waals surface area (Å²) < 4.78 is 27.6. The average molecular weight is 418 g/mol. The average Bonchev–Trinajstić information content (AvgIpc) is 2.92. The molecule has 2 N–H and O–H groups in total. The van der Waals surface area contributed by atoms with E-state index in [0.717, 1.165) is 24.3 Å². The van der Waals surface area contributed by atoms with Gasteiger partial charge in [-0.25, -0.2) is 17.7 Å². The van der Waals surface area contributed by atoms with Gasteiger partial charge < -0.3 is 15.2 Å². The first kappa shape index (κ1) is 23.4. The molecular formula is C17H28ClN5O3S. The maximum Gasteiger partial charge on any atom is 0.242 e. The lowest BCUT2D eigenvalue weighted by Crippen LogP contribution is -2.26.